The standard InChI is InChI=1S/C15H22FIO4/c1-18-6-7-19-8-9-20-10-11-21-15(12-17)13-2-4-14(16)5-3-13/h2-5,15H,6-12H2,1H3. The van der Waals surface area contributed by atoms with E-state index in [1.54, 1.807) is 19.2 Å². The SMILES string of the molecule is COCCOCCOCCOC(CI)c1ccc(F)cc1. The van der Waals surface area contributed by atoms with Gasteiger partial charge >= 0.3 is 0 Å². The van der Waals surface area contributed by atoms with Crippen LogP contribution in [0.4, 0.5) is 4.39 Å². The van der Waals surface area contributed by atoms with Crippen LogP contribution in [0.1, 0.15) is 11.7 Å². The minimum atomic E-state index is -0.234. The summed E-state index contributed by atoms with van der Waals surface area (Å²) in [6.07, 6.45) is -0.0345. The third kappa shape index (κ3) is 8.67. The quantitative estimate of drug-likeness (QED) is 0.301. The average Bonchev–Trinajstić information content (AvgIpc) is 2.51. The minimum absolute atomic E-state index is 0.0345. The maximum atomic E-state index is 12.9. The monoisotopic (exact) mass is 412 g/mol. The first kappa shape index (κ1) is 18.8. The molecule has 21 heavy (non-hydrogen) atoms. The highest BCUT2D eigenvalue weighted by Gasteiger charge is 2.10. The summed E-state index contributed by atoms with van der Waals surface area (Å²) in [7, 11) is 1.64. The van der Waals surface area contributed by atoms with E-state index in [9.17, 15) is 4.39 Å². The Morgan fingerprint density at radius 2 is 1.52 bits per heavy atom. The topological polar surface area (TPSA) is 36.9 Å². The molecule has 6 heteroatoms. The summed E-state index contributed by atoms with van der Waals surface area (Å²) < 4.78 is 35.0. The van der Waals surface area contributed by atoms with Crippen molar-refractivity contribution in [1.82, 2.24) is 0 Å². The molecule has 0 aromatic heterocycles. The molecule has 1 aromatic rings. The third-order valence-corrected chi connectivity index (χ3v) is 3.53. The molecule has 1 aromatic carbocycles. The molecule has 0 spiro atoms. The van der Waals surface area contributed by atoms with E-state index in [-0.39, 0.29) is 11.9 Å². The maximum absolute atomic E-state index is 12.9. The molecule has 120 valence electrons. The number of halogens is 2. The highest BCUT2D eigenvalue weighted by atomic mass is 127. The predicted octanol–water partition coefficient (Wildman–Crippen LogP) is 3.00. The van der Waals surface area contributed by atoms with Gasteiger partial charge in [0.1, 0.15) is 5.82 Å². The lowest BCUT2D eigenvalue weighted by molar-refractivity contribution is -0.0109. The Morgan fingerprint density at radius 1 is 0.952 bits per heavy atom. The fraction of sp³-hybridized carbons (Fsp3) is 0.600. The van der Waals surface area contributed by atoms with E-state index in [0.29, 0.717) is 39.6 Å². The first-order valence-corrected chi connectivity index (χ1v) is 8.38. The van der Waals surface area contributed by atoms with Gasteiger partial charge in [-0.25, -0.2) is 4.39 Å². The molecule has 0 heterocycles. The van der Waals surface area contributed by atoms with Gasteiger partial charge in [-0.15, -0.1) is 0 Å². The Balaban J connectivity index is 2.08. The summed E-state index contributed by atoms with van der Waals surface area (Å²) in [5, 5.41) is 0. The second-order valence-electron chi connectivity index (χ2n) is 4.28. The highest BCUT2D eigenvalue weighted by molar-refractivity contribution is 14.1. The van der Waals surface area contributed by atoms with Crippen LogP contribution in [0.5, 0.6) is 0 Å². The molecular formula is C15H22FIO4. The van der Waals surface area contributed by atoms with Crippen LogP contribution in [0.15, 0.2) is 24.3 Å². The number of benzene rings is 1. The Labute approximate surface area is 139 Å². The van der Waals surface area contributed by atoms with Crippen LogP contribution in [0.2, 0.25) is 0 Å². The zero-order chi connectivity index (χ0) is 15.3. The van der Waals surface area contributed by atoms with E-state index in [1.807, 2.05) is 0 Å². The summed E-state index contributed by atoms with van der Waals surface area (Å²) in [4.78, 5) is 0. The van der Waals surface area contributed by atoms with E-state index in [1.165, 1.54) is 12.1 Å². The predicted molar refractivity (Wildman–Crippen MR) is 87.5 cm³/mol. The molecule has 4 nitrogen and oxygen atoms in total. The molecule has 0 aliphatic heterocycles. The summed E-state index contributed by atoms with van der Waals surface area (Å²) in [6, 6.07) is 6.41. The maximum Gasteiger partial charge on any atom is 0.123 e. The van der Waals surface area contributed by atoms with E-state index in [2.05, 4.69) is 22.6 Å². The molecule has 0 saturated heterocycles. The van der Waals surface area contributed by atoms with Gasteiger partial charge in [-0.3, -0.25) is 0 Å². The van der Waals surface area contributed by atoms with Crippen LogP contribution in [0, 0.1) is 5.82 Å². The molecular weight excluding hydrogens is 390 g/mol. The second kappa shape index (κ2) is 12.3. The van der Waals surface area contributed by atoms with Gasteiger partial charge in [0.05, 0.1) is 45.7 Å². The molecule has 1 rings (SSSR count). The van der Waals surface area contributed by atoms with Gasteiger partial charge in [0.25, 0.3) is 0 Å². The fourth-order valence-electron chi connectivity index (χ4n) is 1.62. The van der Waals surface area contributed by atoms with Gasteiger partial charge in [-0.05, 0) is 17.7 Å². The molecule has 0 amide bonds. The molecule has 0 radical (unpaired) electrons. The fourth-order valence-corrected chi connectivity index (χ4v) is 2.38. The Bertz CT molecular complexity index is 361. The largest absolute Gasteiger partial charge is 0.382 e. The lowest BCUT2D eigenvalue weighted by Gasteiger charge is -2.16. The molecule has 1 atom stereocenters. The molecule has 0 aliphatic carbocycles. The summed E-state index contributed by atoms with van der Waals surface area (Å²) in [5.74, 6) is -0.234. The number of rotatable bonds is 12. The first-order chi connectivity index (χ1) is 10.3. The van der Waals surface area contributed by atoms with Gasteiger partial charge in [0.2, 0.25) is 0 Å². The smallest absolute Gasteiger partial charge is 0.123 e. The van der Waals surface area contributed by atoms with Gasteiger partial charge in [-0.2, -0.15) is 0 Å². The van der Waals surface area contributed by atoms with Gasteiger partial charge < -0.3 is 18.9 Å². The van der Waals surface area contributed by atoms with Crippen molar-refractivity contribution < 1.29 is 23.3 Å². The lowest BCUT2D eigenvalue weighted by Crippen LogP contribution is -2.13. The second-order valence-corrected chi connectivity index (χ2v) is 5.16. The number of methoxy groups -OCH3 is 1. The van der Waals surface area contributed by atoms with Gasteiger partial charge in [0.15, 0.2) is 0 Å². The van der Waals surface area contributed by atoms with Crippen LogP contribution in [0.3, 0.4) is 0 Å². The first-order valence-electron chi connectivity index (χ1n) is 6.85. The number of ether oxygens (including phenoxy) is 4. The van der Waals surface area contributed by atoms with Crippen molar-refractivity contribution in [2.75, 3.05) is 51.2 Å². The van der Waals surface area contributed by atoms with Crippen molar-refractivity contribution in [1.29, 1.82) is 0 Å². The molecule has 1 unspecified atom stereocenters. The van der Waals surface area contributed by atoms with Crippen LogP contribution in [0.25, 0.3) is 0 Å². The number of hydrogen-bond acceptors (Lipinski definition) is 4. The minimum Gasteiger partial charge on any atom is -0.382 e. The average molecular weight is 412 g/mol. The summed E-state index contributed by atoms with van der Waals surface area (Å²) >= 11 is 2.26. The Kier molecular flexibility index (Phi) is 11.0. The van der Waals surface area contributed by atoms with Crippen LogP contribution in [-0.4, -0.2) is 51.2 Å². The van der Waals surface area contributed by atoms with Crippen molar-refractivity contribution in [3.63, 3.8) is 0 Å². The van der Waals surface area contributed by atoms with Crippen LogP contribution in [-0.2, 0) is 18.9 Å². The van der Waals surface area contributed by atoms with Crippen molar-refractivity contribution in [2.45, 2.75) is 6.10 Å². The van der Waals surface area contributed by atoms with E-state index < -0.39 is 0 Å². The normalized spacial score (nSPS) is 12.5. The summed E-state index contributed by atoms with van der Waals surface area (Å²) in [5.41, 5.74) is 0.980. The zero-order valence-corrected chi connectivity index (χ0v) is 14.4. The van der Waals surface area contributed by atoms with Crippen molar-refractivity contribution in [2.24, 2.45) is 0 Å². The summed E-state index contributed by atoms with van der Waals surface area (Å²) in [6.45, 7) is 3.29. The van der Waals surface area contributed by atoms with Crippen LogP contribution >= 0.6 is 22.6 Å². The highest BCUT2D eigenvalue weighted by Crippen LogP contribution is 2.20. The third-order valence-electron chi connectivity index (χ3n) is 2.73. The number of hydrogen-bond donors (Lipinski definition) is 0. The lowest BCUT2D eigenvalue weighted by atomic mass is 10.1. The van der Waals surface area contributed by atoms with Gasteiger partial charge in [-0.1, -0.05) is 34.7 Å². The van der Waals surface area contributed by atoms with Crippen molar-refractivity contribution >= 4 is 22.6 Å². The van der Waals surface area contributed by atoms with E-state index in [4.69, 9.17) is 18.9 Å². The molecule has 0 fully saturated rings. The van der Waals surface area contributed by atoms with Gasteiger partial charge in [0, 0.05) is 11.5 Å². The molecule has 0 saturated carbocycles. The van der Waals surface area contributed by atoms with E-state index >= 15 is 0 Å². The Hall–Kier alpha value is -0.280. The van der Waals surface area contributed by atoms with E-state index in [0.717, 1.165) is 9.99 Å². The van der Waals surface area contributed by atoms with Crippen LogP contribution < -0.4 is 0 Å². The Morgan fingerprint density at radius 3 is 2.10 bits per heavy atom. The van der Waals surface area contributed by atoms with Crippen molar-refractivity contribution in [3.8, 4) is 0 Å². The zero-order valence-electron chi connectivity index (χ0n) is 12.2. The van der Waals surface area contributed by atoms with Crippen molar-refractivity contribution in [3.05, 3.63) is 35.6 Å². The molecule has 0 N–H and O–H groups in total. The number of alkyl halides is 1. The molecule has 0 bridgehead atoms. The molecule has 0 aliphatic rings.